The van der Waals surface area contributed by atoms with Crippen LogP contribution in [0.1, 0.15) is 71.6 Å². The second-order valence-corrected chi connectivity index (χ2v) is 6.61. The highest BCUT2D eigenvalue weighted by Gasteiger charge is 2.11. The highest BCUT2D eigenvalue weighted by atomic mass is 32.2. The summed E-state index contributed by atoms with van der Waals surface area (Å²) >= 11 is 0. The lowest BCUT2D eigenvalue weighted by Gasteiger charge is -2.08. The predicted octanol–water partition coefficient (Wildman–Crippen LogP) is 4.04. The molecule has 0 heterocycles. The Labute approximate surface area is 107 Å². The summed E-state index contributed by atoms with van der Waals surface area (Å²) in [6.45, 7) is 4.10. The van der Waals surface area contributed by atoms with Gasteiger partial charge in [-0.05, 0) is 12.3 Å². The Bertz CT molecular complexity index is 260. The van der Waals surface area contributed by atoms with Crippen LogP contribution in [0.5, 0.6) is 0 Å². The average Bonchev–Trinajstić information content (AvgIpc) is 2.19. The van der Waals surface area contributed by atoms with E-state index in [1.807, 2.05) is 6.92 Å². The van der Waals surface area contributed by atoms with Gasteiger partial charge in [0.05, 0.1) is 5.75 Å². The van der Waals surface area contributed by atoms with E-state index in [-0.39, 0.29) is 11.7 Å². The molecule has 0 aliphatic rings. The Balaban J connectivity index is 3.28. The molecular weight excluding hydrogens is 236 g/mol. The van der Waals surface area contributed by atoms with E-state index in [0.717, 1.165) is 12.8 Å². The van der Waals surface area contributed by atoms with E-state index < -0.39 is 10.1 Å². The van der Waals surface area contributed by atoms with E-state index in [4.69, 9.17) is 4.55 Å². The van der Waals surface area contributed by atoms with E-state index >= 15 is 0 Å². The third kappa shape index (κ3) is 13.8. The van der Waals surface area contributed by atoms with Crippen molar-refractivity contribution in [2.45, 2.75) is 71.6 Å². The van der Waals surface area contributed by atoms with Gasteiger partial charge in [-0.15, -0.1) is 0 Å². The fourth-order valence-corrected chi connectivity index (χ4v) is 2.96. The van der Waals surface area contributed by atoms with Crippen LogP contribution in [0.15, 0.2) is 0 Å². The topological polar surface area (TPSA) is 54.4 Å². The van der Waals surface area contributed by atoms with Crippen LogP contribution in [-0.2, 0) is 10.1 Å². The Kier molecular flexibility index (Phi) is 9.84. The van der Waals surface area contributed by atoms with Crippen molar-refractivity contribution in [3.63, 3.8) is 0 Å². The summed E-state index contributed by atoms with van der Waals surface area (Å²) in [4.78, 5) is 0. The minimum absolute atomic E-state index is 0.0742. The average molecular weight is 264 g/mol. The number of hydrogen-bond acceptors (Lipinski definition) is 2. The van der Waals surface area contributed by atoms with Crippen LogP contribution in [0.3, 0.4) is 0 Å². The minimum Gasteiger partial charge on any atom is -0.286 e. The lowest BCUT2D eigenvalue weighted by Crippen LogP contribution is -2.12. The Morgan fingerprint density at radius 2 is 1.41 bits per heavy atom. The molecule has 0 bridgehead atoms. The van der Waals surface area contributed by atoms with Gasteiger partial charge in [0.1, 0.15) is 0 Å². The Morgan fingerprint density at radius 1 is 0.941 bits per heavy atom. The van der Waals surface area contributed by atoms with Gasteiger partial charge in [-0.1, -0.05) is 65.2 Å². The third-order valence-electron chi connectivity index (χ3n) is 3.05. The third-order valence-corrected chi connectivity index (χ3v) is 4.04. The van der Waals surface area contributed by atoms with Gasteiger partial charge in [-0.2, -0.15) is 8.42 Å². The zero-order chi connectivity index (χ0) is 13.1. The second kappa shape index (κ2) is 9.89. The molecule has 104 valence electrons. The molecule has 1 N–H and O–H groups in total. The first-order valence-corrected chi connectivity index (χ1v) is 8.51. The molecule has 0 aromatic heterocycles. The van der Waals surface area contributed by atoms with Gasteiger partial charge in [-0.25, -0.2) is 0 Å². The maximum Gasteiger partial charge on any atom is 0.265 e. The summed E-state index contributed by atoms with van der Waals surface area (Å²) in [5.41, 5.74) is 0. The quantitative estimate of drug-likeness (QED) is 0.452. The molecule has 17 heavy (non-hydrogen) atoms. The van der Waals surface area contributed by atoms with Gasteiger partial charge in [0.15, 0.2) is 0 Å². The molecule has 0 rings (SSSR count). The molecule has 0 aromatic rings. The summed E-state index contributed by atoms with van der Waals surface area (Å²) in [6, 6.07) is 0. The minimum atomic E-state index is -3.78. The summed E-state index contributed by atoms with van der Waals surface area (Å²) in [5, 5.41) is 0. The number of hydrogen-bond donors (Lipinski definition) is 1. The second-order valence-electron chi connectivity index (χ2n) is 5.12. The molecule has 0 radical (unpaired) electrons. The smallest absolute Gasteiger partial charge is 0.265 e. The molecule has 1 unspecified atom stereocenters. The van der Waals surface area contributed by atoms with Gasteiger partial charge in [0.2, 0.25) is 0 Å². The molecule has 4 heteroatoms. The maximum absolute atomic E-state index is 10.6. The van der Waals surface area contributed by atoms with Crippen LogP contribution < -0.4 is 0 Å². The molecule has 0 fully saturated rings. The van der Waals surface area contributed by atoms with Gasteiger partial charge in [-0.3, -0.25) is 4.55 Å². The van der Waals surface area contributed by atoms with Crippen LogP contribution >= 0.6 is 0 Å². The Hall–Kier alpha value is -0.0900. The van der Waals surface area contributed by atoms with Gasteiger partial charge in [0, 0.05) is 0 Å². The predicted molar refractivity (Wildman–Crippen MR) is 72.8 cm³/mol. The van der Waals surface area contributed by atoms with Crippen molar-refractivity contribution in [2.75, 3.05) is 5.75 Å². The molecular formula is C13H28O3S. The van der Waals surface area contributed by atoms with E-state index in [1.165, 1.54) is 44.9 Å². The van der Waals surface area contributed by atoms with Crippen LogP contribution in [0.2, 0.25) is 0 Å². The highest BCUT2D eigenvalue weighted by Crippen LogP contribution is 2.14. The standard InChI is InChI=1S/C13H28O3S/c1-3-4-5-6-7-8-9-10-11-13(2)12-17(14,15)16/h13H,3-12H2,1-2H3,(H,14,15,16). The van der Waals surface area contributed by atoms with E-state index in [1.54, 1.807) is 0 Å². The first-order chi connectivity index (χ1) is 7.95. The summed E-state index contributed by atoms with van der Waals surface area (Å²) < 4.78 is 29.9. The van der Waals surface area contributed by atoms with Gasteiger partial charge >= 0.3 is 0 Å². The fourth-order valence-electron chi connectivity index (χ4n) is 2.07. The van der Waals surface area contributed by atoms with Crippen molar-refractivity contribution >= 4 is 10.1 Å². The van der Waals surface area contributed by atoms with Gasteiger partial charge < -0.3 is 0 Å². The van der Waals surface area contributed by atoms with Crippen LogP contribution in [0.4, 0.5) is 0 Å². The normalized spacial score (nSPS) is 13.8. The maximum atomic E-state index is 10.6. The molecule has 0 aliphatic carbocycles. The molecule has 0 saturated carbocycles. The lowest BCUT2D eigenvalue weighted by molar-refractivity contribution is 0.454. The zero-order valence-electron chi connectivity index (χ0n) is 11.3. The molecule has 3 nitrogen and oxygen atoms in total. The molecule has 0 spiro atoms. The first-order valence-electron chi connectivity index (χ1n) is 6.91. The summed E-state index contributed by atoms with van der Waals surface area (Å²) in [7, 11) is -3.78. The monoisotopic (exact) mass is 264 g/mol. The largest absolute Gasteiger partial charge is 0.286 e. The lowest BCUT2D eigenvalue weighted by atomic mass is 10.0. The van der Waals surface area contributed by atoms with Crippen molar-refractivity contribution in [1.82, 2.24) is 0 Å². The van der Waals surface area contributed by atoms with Crippen LogP contribution in [-0.4, -0.2) is 18.7 Å². The fraction of sp³-hybridized carbons (Fsp3) is 1.00. The van der Waals surface area contributed by atoms with Crippen molar-refractivity contribution in [1.29, 1.82) is 0 Å². The van der Waals surface area contributed by atoms with Gasteiger partial charge in [0.25, 0.3) is 10.1 Å². The molecule has 1 atom stereocenters. The summed E-state index contributed by atoms with van der Waals surface area (Å²) in [6.07, 6.45) is 11.0. The van der Waals surface area contributed by atoms with Crippen LogP contribution in [0.25, 0.3) is 0 Å². The van der Waals surface area contributed by atoms with E-state index in [2.05, 4.69) is 6.92 Å². The SMILES string of the molecule is CCCCCCCCCCC(C)CS(=O)(=O)O. The number of unbranched alkanes of at least 4 members (excludes halogenated alkanes) is 7. The van der Waals surface area contributed by atoms with Crippen molar-refractivity contribution < 1.29 is 13.0 Å². The molecule has 0 saturated heterocycles. The Morgan fingerprint density at radius 3 is 1.88 bits per heavy atom. The molecule has 0 aliphatic heterocycles. The van der Waals surface area contributed by atoms with E-state index in [0.29, 0.717) is 0 Å². The first kappa shape index (κ1) is 16.9. The molecule has 0 amide bonds. The van der Waals surface area contributed by atoms with E-state index in [9.17, 15) is 8.42 Å². The molecule has 0 aromatic carbocycles. The van der Waals surface area contributed by atoms with Crippen molar-refractivity contribution in [2.24, 2.45) is 5.92 Å². The van der Waals surface area contributed by atoms with Crippen molar-refractivity contribution in [3.8, 4) is 0 Å². The summed E-state index contributed by atoms with van der Waals surface area (Å²) in [5.74, 6) is -0.0196. The number of rotatable bonds is 11. The van der Waals surface area contributed by atoms with Crippen molar-refractivity contribution in [3.05, 3.63) is 0 Å². The zero-order valence-corrected chi connectivity index (χ0v) is 12.1. The highest BCUT2D eigenvalue weighted by molar-refractivity contribution is 7.85. The van der Waals surface area contributed by atoms with Crippen LogP contribution in [0, 0.1) is 5.92 Å².